The van der Waals surface area contributed by atoms with E-state index in [0.717, 1.165) is 0 Å². The van der Waals surface area contributed by atoms with Crippen molar-refractivity contribution >= 4 is 23.7 Å². The molecule has 0 radical (unpaired) electrons. The molecule has 0 atom stereocenters. The van der Waals surface area contributed by atoms with Crippen LogP contribution in [0.5, 0.6) is 0 Å². The first kappa shape index (κ1) is 23.3. The number of methoxy groups -OCH3 is 1. The fourth-order valence-electron chi connectivity index (χ4n) is 2.26. The van der Waals surface area contributed by atoms with Gasteiger partial charge in [-0.3, -0.25) is 4.79 Å². The zero-order valence-corrected chi connectivity index (χ0v) is 17.6. The zero-order chi connectivity index (χ0) is 21.5. The van der Waals surface area contributed by atoms with E-state index in [4.69, 9.17) is 14.2 Å². The number of ether oxygens (including phenoxy) is 3. The average molecular weight is 391 g/mol. The van der Waals surface area contributed by atoms with E-state index in [1.54, 1.807) is 65.8 Å². The fourth-order valence-corrected chi connectivity index (χ4v) is 2.26. The highest BCUT2D eigenvalue weighted by Gasteiger charge is 2.21. The molecule has 0 spiro atoms. The molecule has 0 aliphatic heterocycles. The fraction of sp³-hybridized carbons (Fsp3) is 0.524. The summed E-state index contributed by atoms with van der Waals surface area (Å²) in [6.45, 7) is 10.5. The minimum absolute atomic E-state index is 0.168. The number of esters is 2. The van der Waals surface area contributed by atoms with Gasteiger partial charge in [0.1, 0.15) is 11.2 Å². The van der Waals surface area contributed by atoms with Gasteiger partial charge in [-0.15, -0.1) is 0 Å². The van der Waals surface area contributed by atoms with Gasteiger partial charge in [0.05, 0.1) is 19.1 Å². The number of amides is 1. The molecule has 0 N–H and O–H groups in total. The van der Waals surface area contributed by atoms with Gasteiger partial charge in [-0.1, -0.05) is 12.1 Å². The number of carbonyl (C=O) groups is 3. The summed E-state index contributed by atoms with van der Waals surface area (Å²) < 4.78 is 15.3. The quantitative estimate of drug-likeness (QED) is 0.426. The normalized spacial score (nSPS) is 12.3. The second-order valence-electron chi connectivity index (χ2n) is 8.29. The largest absolute Gasteiger partial charge is 0.465 e. The topological polar surface area (TPSA) is 91.3 Å². The van der Waals surface area contributed by atoms with Crippen LogP contribution in [0.25, 0.3) is 0 Å². The highest BCUT2D eigenvalue weighted by atomic mass is 16.6. The van der Waals surface area contributed by atoms with Crippen LogP contribution < -0.4 is 0 Å². The maximum Gasteiger partial charge on any atom is 0.434 e. The molecule has 7 heteroatoms. The van der Waals surface area contributed by atoms with Gasteiger partial charge in [0.25, 0.3) is 0 Å². The Morgan fingerprint density at radius 3 is 2.11 bits per heavy atom. The van der Waals surface area contributed by atoms with Crippen molar-refractivity contribution in [3.05, 3.63) is 35.4 Å². The van der Waals surface area contributed by atoms with E-state index in [-0.39, 0.29) is 18.6 Å². The van der Waals surface area contributed by atoms with E-state index in [0.29, 0.717) is 11.1 Å². The summed E-state index contributed by atoms with van der Waals surface area (Å²) in [6, 6.07) is 6.71. The van der Waals surface area contributed by atoms with Crippen LogP contribution in [0.2, 0.25) is 0 Å². The van der Waals surface area contributed by atoms with Crippen molar-refractivity contribution in [2.75, 3.05) is 7.11 Å². The number of nitrogens with zero attached hydrogens (tertiary/aromatic N) is 1. The Bertz CT molecular complexity index is 753. The number of benzene rings is 1. The minimum Gasteiger partial charge on any atom is -0.465 e. The van der Waals surface area contributed by atoms with Gasteiger partial charge in [-0.2, -0.15) is 4.99 Å². The van der Waals surface area contributed by atoms with Crippen LogP contribution in [-0.2, 0) is 25.4 Å². The molecule has 7 nitrogen and oxygen atoms in total. The minimum atomic E-state index is -0.782. The van der Waals surface area contributed by atoms with Crippen molar-refractivity contribution in [3.63, 3.8) is 0 Å². The molecule has 0 aliphatic rings. The number of aliphatic imine (C=N–C) groups is 1. The second kappa shape index (κ2) is 9.48. The lowest BCUT2D eigenvalue weighted by Gasteiger charge is -2.20. The molecular weight excluding hydrogens is 362 g/mol. The SMILES string of the molecule is COC(=O)c1cccc(CC(CC(=O)OC(C)(C)C)=NC(=O)OC(C)(C)C)c1. The smallest absolute Gasteiger partial charge is 0.434 e. The van der Waals surface area contributed by atoms with Crippen molar-refractivity contribution in [2.24, 2.45) is 4.99 Å². The van der Waals surface area contributed by atoms with Crippen molar-refractivity contribution in [2.45, 2.75) is 65.6 Å². The van der Waals surface area contributed by atoms with Gasteiger partial charge in [0.2, 0.25) is 0 Å². The number of rotatable bonds is 5. The van der Waals surface area contributed by atoms with E-state index >= 15 is 0 Å². The van der Waals surface area contributed by atoms with Crippen LogP contribution in [0.3, 0.4) is 0 Å². The molecule has 0 bridgehead atoms. The van der Waals surface area contributed by atoms with E-state index in [1.807, 2.05) is 0 Å². The van der Waals surface area contributed by atoms with Gasteiger partial charge < -0.3 is 14.2 Å². The Balaban J connectivity index is 3.08. The number of hydrogen-bond acceptors (Lipinski definition) is 6. The molecule has 1 rings (SSSR count). The molecule has 1 aromatic carbocycles. The van der Waals surface area contributed by atoms with Crippen molar-refractivity contribution in [1.29, 1.82) is 0 Å². The lowest BCUT2D eigenvalue weighted by atomic mass is 10.0. The van der Waals surface area contributed by atoms with Crippen LogP contribution in [0.4, 0.5) is 4.79 Å². The summed E-state index contributed by atoms with van der Waals surface area (Å²) in [5.41, 5.74) is -0.00501. The number of hydrogen-bond donors (Lipinski definition) is 0. The average Bonchev–Trinajstić information content (AvgIpc) is 2.50. The molecule has 28 heavy (non-hydrogen) atoms. The van der Waals surface area contributed by atoms with Crippen LogP contribution in [0.1, 0.15) is 63.9 Å². The summed E-state index contributed by atoms with van der Waals surface area (Å²) in [6.07, 6.45) is -0.766. The highest BCUT2D eigenvalue weighted by molar-refractivity contribution is 6.04. The molecule has 154 valence electrons. The standard InChI is InChI=1S/C21H29NO6/c1-20(2,3)27-17(23)13-16(22-19(25)28-21(4,5)6)12-14-9-8-10-15(11-14)18(24)26-7/h8-11H,12-13H2,1-7H3. The van der Waals surface area contributed by atoms with Crippen molar-refractivity contribution in [3.8, 4) is 0 Å². The Morgan fingerprint density at radius 1 is 0.964 bits per heavy atom. The molecule has 1 amide bonds. The van der Waals surface area contributed by atoms with E-state index in [1.165, 1.54) is 7.11 Å². The first-order valence-corrected chi connectivity index (χ1v) is 8.97. The van der Waals surface area contributed by atoms with Gasteiger partial charge in [0.15, 0.2) is 0 Å². The predicted octanol–water partition coefficient (Wildman–Crippen LogP) is 4.12. The Morgan fingerprint density at radius 2 is 1.57 bits per heavy atom. The van der Waals surface area contributed by atoms with Crippen molar-refractivity contribution < 1.29 is 28.6 Å². The summed E-state index contributed by atoms with van der Waals surface area (Å²) in [4.78, 5) is 40.0. The lowest BCUT2D eigenvalue weighted by molar-refractivity contribution is -0.153. The summed E-state index contributed by atoms with van der Waals surface area (Å²) in [7, 11) is 1.30. The molecule has 0 saturated heterocycles. The van der Waals surface area contributed by atoms with E-state index in [9.17, 15) is 14.4 Å². The molecule has 0 fully saturated rings. The molecule has 0 saturated carbocycles. The third-order valence-electron chi connectivity index (χ3n) is 3.17. The van der Waals surface area contributed by atoms with Crippen LogP contribution in [0.15, 0.2) is 29.3 Å². The summed E-state index contributed by atoms with van der Waals surface area (Å²) in [5, 5.41) is 0. The van der Waals surface area contributed by atoms with E-state index < -0.39 is 29.2 Å². The summed E-state index contributed by atoms with van der Waals surface area (Å²) in [5.74, 6) is -0.974. The zero-order valence-electron chi connectivity index (χ0n) is 17.6. The molecule has 0 aliphatic carbocycles. The molecule has 0 aromatic heterocycles. The van der Waals surface area contributed by atoms with E-state index in [2.05, 4.69) is 4.99 Å². The monoisotopic (exact) mass is 391 g/mol. The van der Waals surface area contributed by atoms with Crippen molar-refractivity contribution in [1.82, 2.24) is 0 Å². The Kier molecular flexibility index (Phi) is 7.90. The number of carbonyl (C=O) groups excluding carboxylic acids is 3. The molecular formula is C21H29NO6. The van der Waals surface area contributed by atoms with Gasteiger partial charge in [-0.05, 0) is 59.2 Å². The van der Waals surface area contributed by atoms with Gasteiger partial charge in [0, 0.05) is 12.1 Å². The third kappa shape index (κ3) is 9.30. The van der Waals surface area contributed by atoms with Gasteiger partial charge in [-0.25, -0.2) is 9.59 Å². The maximum absolute atomic E-state index is 12.2. The van der Waals surface area contributed by atoms with Crippen LogP contribution >= 0.6 is 0 Å². The lowest BCUT2D eigenvalue weighted by Crippen LogP contribution is -2.27. The summed E-state index contributed by atoms with van der Waals surface area (Å²) >= 11 is 0. The van der Waals surface area contributed by atoms with Crippen LogP contribution in [-0.4, -0.2) is 42.1 Å². The second-order valence-corrected chi connectivity index (χ2v) is 8.29. The maximum atomic E-state index is 12.2. The Labute approximate surface area is 166 Å². The van der Waals surface area contributed by atoms with Crippen LogP contribution in [0, 0.1) is 0 Å². The molecule has 0 unspecified atom stereocenters. The van der Waals surface area contributed by atoms with Gasteiger partial charge >= 0.3 is 18.0 Å². The first-order valence-electron chi connectivity index (χ1n) is 8.97. The Hall–Kier alpha value is -2.70. The molecule has 1 aromatic rings. The first-order chi connectivity index (χ1) is 12.8. The molecule has 0 heterocycles. The predicted molar refractivity (Wildman–Crippen MR) is 106 cm³/mol. The third-order valence-corrected chi connectivity index (χ3v) is 3.17. The highest BCUT2D eigenvalue weighted by Crippen LogP contribution is 2.14.